The maximum atomic E-state index is 12.0. The molecule has 0 atom stereocenters. The quantitative estimate of drug-likeness (QED) is 0.930. The highest BCUT2D eigenvalue weighted by molar-refractivity contribution is 5.68. The molecule has 0 spiro atoms. The number of aromatic amines is 1. The van der Waals surface area contributed by atoms with Crippen molar-refractivity contribution in [2.24, 2.45) is 5.92 Å². The zero-order valence-electron chi connectivity index (χ0n) is 13.6. The molecule has 0 bridgehead atoms. The predicted octanol–water partition coefficient (Wildman–Crippen LogP) is 2.35. The summed E-state index contributed by atoms with van der Waals surface area (Å²) in [5, 5.41) is 0. The second-order valence-corrected chi connectivity index (χ2v) is 6.85. The smallest absolute Gasteiger partial charge is 0.410 e. The van der Waals surface area contributed by atoms with Crippen molar-refractivity contribution in [3.63, 3.8) is 0 Å². The van der Waals surface area contributed by atoms with Gasteiger partial charge in [-0.2, -0.15) is 0 Å². The minimum atomic E-state index is -0.441. The Morgan fingerprint density at radius 1 is 1.41 bits per heavy atom. The number of carbonyl (C=O) groups is 1. The lowest BCUT2D eigenvalue weighted by Gasteiger charge is -2.33. The number of likely N-dealkylation sites (tertiary alicyclic amines) is 1. The molecule has 0 aromatic carbocycles. The number of amides is 1. The Morgan fingerprint density at radius 2 is 2.09 bits per heavy atom. The SMILES string of the molecule is CC(C)(C)OC(=O)N1CCC(CCc2c[nH]c(=O)cn2)CC1. The largest absolute Gasteiger partial charge is 0.444 e. The number of nitrogens with one attached hydrogen (secondary N) is 1. The lowest BCUT2D eigenvalue weighted by Crippen LogP contribution is -2.41. The van der Waals surface area contributed by atoms with E-state index in [0.29, 0.717) is 5.92 Å². The van der Waals surface area contributed by atoms with Crippen LogP contribution >= 0.6 is 0 Å². The van der Waals surface area contributed by atoms with Gasteiger partial charge in [0.2, 0.25) is 0 Å². The topological polar surface area (TPSA) is 75.3 Å². The molecule has 2 heterocycles. The molecule has 1 fully saturated rings. The van der Waals surface area contributed by atoms with E-state index in [-0.39, 0.29) is 11.7 Å². The van der Waals surface area contributed by atoms with Crippen LogP contribution in [0, 0.1) is 5.92 Å². The standard InChI is InChI=1S/C16H25N3O3/c1-16(2,3)22-15(21)19-8-6-12(7-9-19)4-5-13-10-18-14(20)11-17-13/h10-12H,4-9H2,1-3H3,(H,18,20). The van der Waals surface area contributed by atoms with Gasteiger partial charge in [-0.05, 0) is 52.4 Å². The lowest BCUT2D eigenvalue weighted by atomic mass is 9.92. The number of H-pyrrole nitrogens is 1. The molecule has 1 amide bonds. The maximum absolute atomic E-state index is 12.0. The number of rotatable bonds is 3. The van der Waals surface area contributed by atoms with Crippen molar-refractivity contribution in [1.82, 2.24) is 14.9 Å². The number of hydrogen-bond acceptors (Lipinski definition) is 4. The molecule has 122 valence electrons. The van der Waals surface area contributed by atoms with Gasteiger partial charge < -0.3 is 14.6 Å². The number of ether oxygens (including phenoxy) is 1. The molecule has 1 aromatic rings. The second-order valence-electron chi connectivity index (χ2n) is 6.85. The van der Waals surface area contributed by atoms with E-state index in [0.717, 1.165) is 44.5 Å². The predicted molar refractivity (Wildman–Crippen MR) is 83.7 cm³/mol. The summed E-state index contributed by atoms with van der Waals surface area (Å²) in [5.41, 5.74) is 0.299. The van der Waals surface area contributed by atoms with Crippen LogP contribution in [0.25, 0.3) is 0 Å². The van der Waals surface area contributed by atoms with Gasteiger partial charge in [-0.25, -0.2) is 4.79 Å². The zero-order chi connectivity index (χ0) is 16.2. The number of carbonyl (C=O) groups excluding carboxylic acids is 1. The van der Waals surface area contributed by atoms with E-state index in [1.165, 1.54) is 6.20 Å². The summed E-state index contributed by atoms with van der Waals surface area (Å²) in [4.78, 5) is 31.5. The highest BCUT2D eigenvalue weighted by Crippen LogP contribution is 2.23. The van der Waals surface area contributed by atoms with Crippen LogP contribution in [0.1, 0.15) is 45.7 Å². The van der Waals surface area contributed by atoms with Crippen LogP contribution in [0.2, 0.25) is 0 Å². The number of hydrogen-bond donors (Lipinski definition) is 1. The maximum Gasteiger partial charge on any atom is 0.410 e. The van der Waals surface area contributed by atoms with Crippen LogP contribution in [0.15, 0.2) is 17.2 Å². The molecule has 0 radical (unpaired) electrons. The molecule has 22 heavy (non-hydrogen) atoms. The highest BCUT2D eigenvalue weighted by atomic mass is 16.6. The summed E-state index contributed by atoms with van der Waals surface area (Å²) >= 11 is 0. The molecule has 1 saturated heterocycles. The first kappa shape index (κ1) is 16.5. The van der Waals surface area contributed by atoms with E-state index < -0.39 is 5.60 Å². The Morgan fingerprint density at radius 3 is 2.64 bits per heavy atom. The Balaban J connectivity index is 1.74. The van der Waals surface area contributed by atoms with E-state index in [1.807, 2.05) is 20.8 Å². The van der Waals surface area contributed by atoms with Gasteiger partial charge >= 0.3 is 6.09 Å². The van der Waals surface area contributed by atoms with Gasteiger partial charge in [0, 0.05) is 19.3 Å². The van der Waals surface area contributed by atoms with Gasteiger partial charge in [-0.3, -0.25) is 9.78 Å². The first-order chi connectivity index (χ1) is 10.3. The monoisotopic (exact) mass is 307 g/mol. The number of piperidine rings is 1. The third-order valence-corrected chi connectivity index (χ3v) is 3.80. The first-order valence-corrected chi connectivity index (χ1v) is 7.85. The number of aromatic nitrogens is 2. The molecule has 1 aliphatic rings. The average molecular weight is 307 g/mol. The van der Waals surface area contributed by atoms with Gasteiger partial charge in [0.1, 0.15) is 5.60 Å². The summed E-state index contributed by atoms with van der Waals surface area (Å²) in [6.07, 6.45) is 6.65. The molecule has 2 rings (SSSR count). The Hall–Kier alpha value is -1.85. The third kappa shape index (κ3) is 5.16. The van der Waals surface area contributed by atoms with Crippen LogP contribution in [-0.4, -0.2) is 39.7 Å². The fourth-order valence-corrected chi connectivity index (χ4v) is 2.59. The van der Waals surface area contributed by atoms with E-state index in [4.69, 9.17) is 4.74 Å². The van der Waals surface area contributed by atoms with Crippen molar-refractivity contribution < 1.29 is 9.53 Å². The van der Waals surface area contributed by atoms with E-state index >= 15 is 0 Å². The Labute approximate surface area is 130 Å². The fraction of sp³-hybridized carbons (Fsp3) is 0.688. The molecule has 6 nitrogen and oxygen atoms in total. The summed E-state index contributed by atoms with van der Waals surface area (Å²) in [5.74, 6) is 0.590. The van der Waals surface area contributed by atoms with Crippen molar-refractivity contribution in [1.29, 1.82) is 0 Å². The summed E-state index contributed by atoms with van der Waals surface area (Å²) < 4.78 is 5.40. The van der Waals surface area contributed by atoms with Crippen LogP contribution in [0.4, 0.5) is 4.79 Å². The molecule has 0 saturated carbocycles. The number of nitrogens with zero attached hydrogens (tertiary/aromatic N) is 2. The molecule has 0 unspecified atom stereocenters. The van der Waals surface area contributed by atoms with Crippen molar-refractivity contribution in [2.45, 2.75) is 52.1 Å². The Bertz CT molecular complexity index is 534. The molecule has 0 aliphatic carbocycles. The van der Waals surface area contributed by atoms with Crippen molar-refractivity contribution in [3.05, 3.63) is 28.4 Å². The number of aryl methyl sites for hydroxylation is 1. The minimum absolute atomic E-state index is 0.172. The van der Waals surface area contributed by atoms with Gasteiger partial charge in [0.25, 0.3) is 5.56 Å². The molecular formula is C16H25N3O3. The first-order valence-electron chi connectivity index (χ1n) is 7.85. The molecule has 1 aromatic heterocycles. The normalized spacial score (nSPS) is 16.6. The van der Waals surface area contributed by atoms with E-state index in [9.17, 15) is 9.59 Å². The van der Waals surface area contributed by atoms with Crippen molar-refractivity contribution in [2.75, 3.05) is 13.1 Å². The zero-order valence-corrected chi connectivity index (χ0v) is 13.6. The average Bonchev–Trinajstić information content (AvgIpc) is 2.45. The molecule has 1 N–H and O–H groups in total. The minimum Gasteiger partial charge on any atom is -0.444 e. The third-order valence-electron chi connectivity index (χ3n) is 3.80. The van der Waals surface area contributed by atoms with Crippen LogP contribution < -0.4 is 5.56 Å². The summed E-state index contributed by atoms with van der Waals surface area (Å²) in [6.45, 7) is 7.15. The van der Waals surface area contributed by atoms with E-state index in [2.05, 4.69) is 9.97 Å². The molecule has 1 aliphatic heterocycles. The van der Waals surface area contributed by atoms with Crippen LogP contribution in [0.3, 0.4) is 0 Å². The van der Waals surface area contributed by atoms with Crippen molar-refractivity contribution >= 4 is 6.09 Å². The molecular weight excluding hydrogens is 282 g/mol. The van der Waals surface area contributed by atoms with Crippen LogP contribution in [-0.2, 0) is 11.2 Å². The summed E-state index contributed by atoms with van der Waals surface area (Å²) in [6, 6.07) is 0. The highest BCUT2D eigenvalue weighted by Gasteiger charge is 2.26. The van der Waals surface area contributed by atoms with Crippen molar-refractivity contribution in [3.8, 4) is 0 Å². The summed E-state index contributed by atoms with van der Waals surface area (Å²) in [7, 11) is 0. The van der Waals surface area contributed by atoms with Gasteiger partial charge in [0.05, 0.1) is 11.9 Å². The van der Waals surface area contributed by atoms with Gasteiger partial charge in [0.15, 0.2) is 0 Å². The fourth-order valence-electron chi connectivity index (χ4n) is 2.59. The lowest BCUT2D eigenvalue weighted by molar-refractivity contribution is 0.0181. The molecule has 6 heteroatoms. The van der Waals surface area contributed by atoms with Gasteiger partial charge in [-0.1, -0.05) is 0 Å². The van der Waals surface area contributed by atoms with E-state index in [1.54, 1.807) is 11.1 Å². The van der Waals surface area contributed by atoms with Gasteiger partial charge in [-0.15, -0.1) is 0 Å². The van der Waals surface area contributed by atoms with Crippen LogP contribution in [0.5, 0.6) is 0 Å². The Kier molecular flexibility index (Phi) is 5.21. The second kappa shape index (κ2) is 6.94.